The molecule has 134 valence electrons. The highest BCUT2D eigenvalue weighted by Gasteiger charge is 2.54. The molecule has 0 radical (unpaired) electrons. The molecule has 3 amide bonds. The first-order valence-electron chi connectivity index (χ1n) is 8.76. The lowest BCUT2D eigenvalue weighted by atomic mass is 10.1. The van der Waals surface area contributed by atoms with E-state index in [-0.39, 0.29) is 24.5 Å². The first kappa shape index (κ1) is 17.4. The minimum atomic E-state index is -0.563. The summed E-state index contributed by atoms with van der Waals surface area (Å²) in [4.78, 5) is 33.2. The van der Waals surface area contributed by atoms with E-state index >= 15 is 0 Å². The van der Waals surface area contributed by atoms with E-state index in [1.807, 2.05) is 30.6 Å². The van der Waals surface area contributed by atoms with Gasteiger partial charge in [0.1, 0.15) is 11.4 Å². The first-order valence-corrected chi connectivity index (χ1v) is 8.76. The van der Waals surface area contributed by atoms with Crippen molar-refractivity contribution in [3.05, 3.63) is 23.5 Å². The molecule has 0 N–H and O–H groups in total. The van der Waals surface area contributed by atoms with Crippen LogP contribution in [-0.2, 0) is 4.79 Å². The Morgan fingerprint density at radius 3 is 2.60 bits per heavy atom. The number of hydrogen-bond acceptors (Lipinski definition) is 3. The van der Waals surface area contributed by atoms with Crippen molar-refractivity contribution in [1.29, 1.82) is 0 Å². The van der Waals surface area contributed by atoms with Crippen LogP contribution in [0.15, 0.2) is 17.1 Å². The van der Waals surface area contributed by atoms with E-state index in [0.717, 1.165) is 23.8 Å². The summed E-state index contributed by atoms with van der Waals surface area (Å²) in [6, 6.07) is -0.616. The van der Waals surface area contributed by atoms with Gasteiger partial charge < -0.3 is 0 Å². The fourth-order valence-electron chi connectivity index (χ4n) is 3.55. The number of likely N-dealkylation sites (N-methyl/N-ethyl adjacent to an activating group) is 1. The standard InChI is InChI=1S/C18H26N5O2/c1-7-9-10-21-16(24)14-15(20(6)18(21)25)19-17-22(11(3)8-2)12(4)13(5)23(14)17/h7,9,11,14H,8,10H2,1-6H3/q+1/b9-7+. The molecule has 2 atom stereocenters. The van der Waals surface area contributed by atoms with Gasteiger partial charge in [-0.25, -0.2) is 13.9 Å². The maximum absolute atomic E-state index is 13.1. The van der Waals surface area contributed by atoms with Gasteiger partial charge in [-0.2, -0.15) is 0 Å². The van der Waals surface area contributed by atoms with Crippen LogP contribution in [0.4, 0.5) is 10.7 Å². The molecule has 2 unspecified atom stereocenters. The van der Waals surface area contributed by atoms with Crippen LogP contribution in [0.3, 0.4) is 0 Å². The lowest BCUT2D eigenvalue weighted by Gasteiger charge is -2.32. The molecule has 3 heterocycles. The van der Waals surface area contributed by atoms with Gasteiger partial charge in [0.05, 0.1) is 6.04 Å². The molecule has 0 aliphatic carbocycles. The molecule has 0 bridgehead atoms. The Bertz CT molecular complexity index is 805. The zero-order chi connectivity index (χ0) is 18.5. The maximum atomic E-state index is 13.1. The van der Waals surface area contributed by atoms with Crippen LogP contribution in [0.1, 0.15) is 50.7 Å². The number of hydrogen-bond donors (Lipinski definition) is 0. The number of imide groups is 1. The third-order valence-electron chi connectivity index (χ3n) is 5.31. The summed E-state index contributed by atoms with van der Waals surface area (Å²) in [6.45, 7) is 10.5. The molecule has 1 aromatic rings. The zero-order valence-corrected chi connectivity index (χ0v) is 15.8. The Labute approximate surface area is 148 Å². The number of aromatic nitrogens is 2. The number of allylic oxidation sites excluding steroid dienone is 1. The molecule has 2 aliphatic rings. The largest absolute Gasteiger partial charge is 0.402 e. The van der Waals surface area contributed by atoms with E-state index in [1.165, 1.54) is 9.80 Å². The number of carbonyl (C=O) groups excluding carboxylic acids is 2. The second-order valence-electron chi connectivity index (χ2n) is 6.70. The van der Waals surface area contributed by atoms with E-state index in [9.17, 15) is 9.59 Å². The molecule has 0 saturated carbocycles. The highest BCUT2D eigenvalue weighted by molar-refractivity contribution is 6.19. The molecular weight excluding hydrogens is 318 g/mol. The average Bonchev–Trinajstić information content (AvgIpc) is 3.09. The Hall–Kier alpha value is -2.44. The third kappa shape index (κ3) is 2.33. The minimum absolute atomic E-state index is 0.215. The number of imidazole rings is 1. The second kappa shape index (κ2) is 6.13. The van der Waals surface area contributed by atoms with E-state index in [1.54, 1.807) is 7.05 Å². The number of urea groups is 1. The normalized spacial score (nSPS) is 21.0. The first-order chi connectivity index (χ1) is 11.8. The number of fused-ring (bicyclic) bond motifs is 3. The summed E-state index contributed by atoms with van der Waals surface area (Å²) in [5, 5.41) is 0. The fourth-order valence-corrected chi connectivity index (χ4v) is 3.55. The predicted molar refractivity (Wildman–Crippen MR) is 94.9 cm³/mol. The average molecular weight is 344 g/mol. The molecule has 1 saturated heterocycles. The lowest BCUT2D eigenvalue weighted by molar-refractivity contribution is -0.683. The Morgan fingerprint density at radius 2 is 2.00 bits per heavy atom. The van der Waals surface area contributed by atoms with Gasteiger partial charge in [0.2, 0.25) is 11.9 Å². The molecular formula is C18H26N5O2+. The summed E-state index contributed by atoms with van der Waals surface area (Å²) >= 11 is 0. The van der Waals surface area contributed by atoms with Crippen molar-refractivity contribution in [2.45, 2.75) is 53.1 Å². The predicted octanol–water partition coefficient (Wildman–Crippen LogP) is 2.42. The smallest absolute Gasteiger partial charge is 0.270 e. The number of carbonyl (C=O) groups is 2. The van der Waals surface area contributed by atoms with Crippen LogP contribution in [0.25, 0.3) is 0 Å². The van der Waals surface area contributed by atoms with Gasteiger partial charge in [-0.15, -0.1) is 0 Å². The van der Waals surface area contributed by atoms with Gasteiger partial charge in [0, 0.05) is 13.6 Å². The summed E-state index contributed by atoms with van der Waals surface area (Å²) < 4.78 is 4.15. The number of nitrogens with zero attached hydrogens (tertiary/aromatic N) is 5. The molecule has 3 rings (SSSR count). The molecule has 1 aromatic heterocycles. The van der Waals surface area contributed by atoms with Crippen molar-refractivity contribution in [2.24, 2.45) is 4.99 Å². The van der Waals surface area contributed by atoms with Gasteiger partial charge in [-0.3, -0.25) is 14.6 Å². The summed E-state index contributed by atoms with van der Waals surface area (Å²) in [5.74, 6) is 1.06. The van der Waals surface area contributed by atoms with Gasteiger partial charge in [-0.05, 0) is 34.1 Å². The maximum Gasteiger partial charge on any atom is 0.402 e. The molecule has 7 nitrogen and oxygen atoms in total. The van der Waals surface area contributed by atoms with Gasteiger partial charge in [0.25, 0.3) is 5.91 Å². The molecule has 1 fully saturated rings. The van der Waals surface area contributed by atoms with Crippen molar-refractivity contribution in [3.8, 4) is 0 Å². The van der Waals surface area contributed by atoms with Crippen LogP contribution < -0.4 is 4.57 Å². The summed E-state index contributed by atoms with van der Waals surface area (Å²) in [7, 11) is 1.69. The quantitative estimate of drug-likeness (QED) is 0.622. The zero-order valence-electron chi connectivity index (χ0n) is 15.8. The molecule has 0 aromatic carbocycles. The molecule has 25 heavy (non-hydrogen) atoms. The van der Waals surface area contributed by atoms with E-state index in [0.29, 0.717) is 5.84 Å². The van der Waals surface area contributed by atoms with Crippen molar-refractivity contribution < 1.29 is 14.2 Å². The van der Waals surface area contributed by atoms with Gasteiger partial charge in [-0.1, -0.05) is 24.1 Å². The number of aliphatic imine (C=N–C) groups is 1. The molecule has 2 aliphatic heterocycles. The molecule has 0 spiro atoms. The monoisotopic (exact) mass is 344 g/mol. The van der Waals surface area contributed by atoms with Gasteiger partial charge in [0.15, 0.2) is 0 Å². The number of rotatable bonds is 4. The SMILES string of the molecule is C/C=C/CN1C(=O)C2C(=Nc3n(C(C)CC)c(C)c(C)[n+]32)N(C)C1=O. The Morgan fingerprint density at radius 1 is 1.32 bits per heavy atom. The minimum Gasteiger partial charge on any atom is -0.270 e. The topological polar surface area (TPSA) is 61.8 Å². The summed E-state index contributed by atoms with van der Waals surface area (Å²) in [5.41, 5.74) is 2.13. The Kier molecular flexibility index (Phi) is 4.26. The Balaban J connectivity index is 2.15. The number of amides is 3. The van der Waals surface area contributed by atoms with E-state index in [2.05, 4.69) is 25.3 Å². The molecule has 7 heteroatoms. The lowest BCUT2D eigenvalue weighted by Crippen LogP contribution is -2.63. The third-order valence-corrected chi connectivity index (χ3v) is 5.31. The van der Waals surface area contributed by atoms with Crippen LogP contribution in [0.5, 0.6) is 0 Å². The highest BCUT2D eigenvalue weighted by Crippen LogP contribution is 2.33. The van der Waals surface area contributed by atoms with Crippen molar-refractivity contribution in [1.82, 2.24) is 14.4 Å². The second-order valence-corrected chi connectivity index (χ2v) is 6.70. The highest BCUT2D eigenvalue weighted by atomic mass is 16.2. The van der Waals surface area contributed by atoms with Crippen LogP contribution in [0.2, 0.25) is 0 Å². The van der Waals surface area contributed by atoms with Gasteiger partial charge >= 0.3 is 12.0 Å². The van der Waals surface area contributed by atoms with Crippen molar-refractivity contribution >= 4 is 23.7 Å². The van der Waals surface area contributed by atoms with Crippen molar-refractivity contribution in [2.75, 3.05) is 13.6 Å². The fraction of sp³-hybridized carbons (Fsp3) is 0.556. The van der Waals surface area contributed by atoms with E-state index < -0.39 is 6.04 Å². The van der Waals surface area contributed by atoms with E-state index in [4.69, 9.17) is 4.99 Å². The number of amidine groups is 1. The van der Waals surface area contributed by atoms with Crippen LogP contribution in [0, 0.1) is 13.8 Å². The van der Waals surface area contributed by atoms with Crippen molar-refractivity contribution in [3.63, 3.8) is 0 Å². The van der Waals surface area contributed by atoms with Crippen LogP contribution >= 0.6 is 0 Å². The van der Waals surface area contributed by atoms with Crippen LogP contribution in [-0.4, -0.2) is 45.7 Å². The summed E-state index contributed by atoms with van der Waals surface area (Å²) in [6.07, 6.45) is 4.62.